The maximum atomic E-state index is 11.2. The first-order valence-corrected chi connectivity index (χ1v) is 4.61. The largest absolute Gasteiger partial charge is 0.480 e. The van der Waals surface area contributed by atoms with E-state index in [-0.39, 0.29) is 19.1 Å². The zero-order valence-corrected chi connectivity index (χ0v) is 8.65. The molecule has 0 aromatic heterocycles. The predicted molar refractivity (Wildman–Crippen MR) is 51.0 cm³/mol. The van der Waals surface area contributed by atoms with Gasteiger partial charge in [-0.1, -0.05) is 13.3 Å². The van der Waals surface area contributed by atoms with Crippen molar-refractivity contribution in [2.75, 3.05) is 26.8 Å². The number of amides is 1. The Bertz CT molecular complexity index is 193. The molecule has 0 aromatic rings. The third-order valence-corrected chi connectivity index (χ3v) is 1.67. The number of rotatable bonds is 7. The molecule has 0 saturated carbocycles. The predicted octanol–water partition coefficient (Wildman–Crippen LogP) is 0.346. The lowest BCUT2D eigenvalue weighted by Crippen LogP contribution is -2.34. The molecule has 14 heavy (non-hydrogen) atoms. The van der Waals surface area contributed by atoms with Crippen LogP contribution in [0.3, 0.4) is 0 Å². The van der Waals surface area contributed by atoms with Gasteiger partial charge in [-0.25, -0.2) is 0 Å². The van der Waals surface area contributed by atoms with Gasteiger partial charge in [-0.2, -0.15) is 0 Å². The molecule has 0 spiro atoms. The summed E-state index contributed by atoms with van der Waals surface area (Å²) in [6, 6.07) is 0. The molecule has 1 amide bonds. The number of hydrogen-bond donors (Lipinski definition) is 1. The lowest BCUT2D eigenvalue weighted by atomic mass is 10.4. The number of carbonyl (C=O) groups excluding carboxylic acids is 1. The fourth-order valence-corrected chi connectivity index (χ4v) is 0.807. The van der Waals surface area contributed by atoms with Crippen molar-refractivity contribution in [2.45, 2.75) is 19.8 Å². The van der Waals surface area contributed by atoms with Crippen LogP contribution in [0.4, 0.5) is 0 Å². The molecule has 0 aromatic carbocycles. The van der Waals surface area contributed by atoms with E-state index in [4.69, 9.17) is 9.84 Å². The summed E-state index contributed by atoms with van der Waals surface area (Å²) in [6.45, 7) is 2.25. The van der Waals surface area contributed by atoms with Gasteiger partial charge in [0.15, 0.2) is 0 Å². The van der Waals surface area contributed by atoms with E-state index in [9.17, 15) is 9.59 Å². The number of unbranched alkanes of at least 4 members (excludes halogenated alkanes) is 1. The van der Waals surface area contributed by atoms with Crippen LogP contribution >= 0.6 is 0 Å². The molecule has 0 unspecified atom stereocenters. The number of likely N-dealkylation sites (N-methyl/N-ethyl adjacent to an activating group) is 1. The number of carboxylic acids is 1. The van der Waals surface area contributed by atoms with E-state index < -0.39 is 5.97 Å². The van der Waals surface area contributed by atoms with Crippen LogP contribution in [0.1, 0.15) is 19.8 Å². The standard InChI is InChI=1S/C9H17NO4/c1-3-4-5-14-7-8(11)10(2)6-9(12)13/h3-7H2,1-2H3,(H,12,13). The fourth-order valence-electron chi connectivity index (χ4n) is 0.807. The number of nitrogens with zero attached hydrogens (tertiary/aromatic N) is 1. The number of carbonyl (C=O) groups is 2. The highest BCUT2D eigenvalue weighted by molar-refractivity contribution is 5.81. The molecular weight excluding hydrogens is 186 g/mol. The highest BCUT2D eigenvalue weighted by atomic mass is 16.5. The van der Waals surface area contributed by atoms with Gasteiger partial charge in [0.2, 0.25) is 5.91 Å². The van der Waals surface area contributed by atoms with Crippen LogP contribution in [-0.2, 0) is 14.3 Å². The summed E-state index contributed by atoms with van der Waals surface area (Å²) in [4.78, 5) is 22.6. The molecule has 0 heterocycles. The van der Waals surface area contributed by atoms with E-state index in [1.165, 1.54) is 7.05 Å². The molecule has 0 aliphatic heterocycles. The maximum Gasteiger partial charge on any atom is 0.323 e. The average Bonchev–Trinajstić information content (AvgIpc) is 2.11. The number of carboxylic acid groups (broad SMARTS) is 1. The molecule has 0 aliphatic carbocycles. The maximum absolute atomic E-state index is 11.2. The van der Waals surface area contributed by atoms with Gasteiger partial charge in [-0.05, 0) is 6.42 Å². The fraction of sp³-hybridized carbons (Fsp3) is 0.778. The van der Waals surface area contributed by atoms with Gasteiger partial charge in [0, 0.05) is 13.7 Å². The number of aliphatic carboxylic acids is 1. The smallest absolute Gasteiger partial charge is 0.323 e. The van der Waals surface area contributed by atoms with E-state index in [0.717, 1.165) is 17.7 Å². The van der Waals surface area contributed by atoms with Crippen molar-refractivity contribution in [3.8, 4) is 0 Å². The summed E-state index contributed by atoms with van der Waals surface area (Å²) in [6.07, 6.45) is 1.93. The average molecular weight is 203 g/mol. The van der Waals surface area contributed by atoms with Gasteiger partial charge in [0.05, 0.1) is 0 Å². The van der Waals surface area contributed by atoms with Crippen molar-refractivity contribution in [2.24, 2.45) is 0 Å². The summed E-state index contributed by atoms with van der Waals surface area (Å²) >= 11 is 0. The van der Waals surface area contributed by atoms with Gasteiger partial charge in [-0.15, -0.1) is 0 Å². The summed E-state index contributed by atoms with van der Waals surface area (Å²) in [7, 11) is 1.44. The van der Waals surface area contributed by atoms with Gasteiger partial charge >= 0.3 is 5.97 Å². The third kappa shape index (κ3) is 6.42. The first-order chi connectivity index (χ1) is 6.57. The van der Waals surface area contributed by atoms with E-state index in [1.54, 1.807) is 0 Å². The SMILES string of the molecule is CCCCOCC(=O)N(C)CC(=O)O. The Labute approximate surface area is 83.6 Å². The molecule has 0 atom stereocenters. The normalized spacial score (nSPS) is 9.86. The van der Waals surface area contributed by atoms with Crippen LogP contribution in [0.15, 0.2) is 0 Å². The first-order valence-electron chi connectivity index (χ1n) is 4.61. The molecule has 0 radical (unpaired) electrons. The summed E-state index contributed by atoms with van der Waals surface area (Å²) in [5.74, 6) is -1.32. The molecule has 0 bridgehead atoms. The Hall–Kier alpha value is -1.10. The second-order valence-electron chi connectivity index (χ2n) is 3.05. The van der Waals surface area contributed by atoms with Crippen molar-refractivity contribution in [3.63, 3.8) is 0 Å². The summed E-state index contributed by atoms with van der Waals surface area (Å²) < 4.78 is 5.05. The van der Waals surface area contributed by atoms with Crippen LogP contribution in [-0.4, -0.2) is 48.7 Å². The van der Waals surface area contributed by atoms with Crippen LogP contribution < -0.4 is 0 Å². The molecule has 5 nitrogen and oxygen atoms in total. The van der Waals surface area contributed by atoms with E-state index >= 15 is 0 Å². The van der Waals surface area contributed by atoms with Crippen molar-refractivity contribution < 1.29 is 19.4 Å². The number of hydrogen-bond acceptors (Lipinski definition) is 3. The second kappa shape index (κ2) is 7.32. The Morgan fingerprint density at radius 1 is 1.43 bits per heavy atom. The van der Waals surface area contributed by atoms with Crippen molar-refractivity contribution in [1.29, 1.82) is 0 Å². The summed E-state index contributed by atoms with van der Waals surface area (Å²) in [5.41, 5.74) is 0. The van der Waals surface area contributed by atoms with Crippen LogP contribution in [0, 0.1) is 0 Å². The molecule has 82 valence electrons. The Balaban J connectivity index is 3.57. The summed E-state index contributed by atoms with van der Waals surface area (Å²) in [5, 5.41) is 8.41. The van der Waals surface area contributed by atoms with E-state index in [2.05, 4.69) is 0 Å². The van der Waals surface area contributed by atoms with Crippen molar-refractivity contribution in [3.05, 3.63) is 0 Å². The Morgan fingerprint density at radius 3 is 2.57 bits per heavy atom. The highest BCUT2D eigenvalue weighted by Crippen LogP contribution is 1.90. The van der Waals surface area contributed by atoms with Crippen LogP contribution in [0.2, 0.25) is 0 Å². The topological polar surface area (TPSA) is 66.8 Å². The van der Waals surface area contributed by atoms with E-state index in [0.29, 0.717) is 6.61 Å². The molecule has 0 fully saturated rings. The minimum absolute atomic E-state index is 0.0379. The van der Waals surface area contributed by atoms with Crippen LogP contribution in [0.5, 0.6) is 0 Å². The molecule has 1 N–H and O–H groups in total. The highest BCUT2D eigenvalue weighted by Gasteiger charge is 2.11. The minimum atomic E-state index is -1.02. The second-order valence-corrected chi connectivity index (χ2v) is 3.05. The van der Waals surface area contributed by atoms with Crippen molar-refractivity contribution in [1.82, 2.24) is 4.90 Å². The number of ether oxygens (including phenoxy) is 1. The molecule has 0 rings (SSSR count). The first kappa shape index (κ1) is 12.9. The Kier molecular flexibility index (Phi) is 6.74. The lowest BCUT2D eigenvalue weighted by Gasteiger charge is -2.14. The zero-order chi connectivity index (χ0) is 11.0. The van der Waals surface area contributed by atoms with E-state index in [1.807, 2.05) is 6.92 Å². The zero-order valence-electron chi connectivity index (χ0n) is 8.65. The molecule has 5 heteroatoms. The lowest BCUT2D eigenvalue weighted by molar-refractivity contribution is -0.145. The van der Waals surface area contributed by atoms with Gasteiger partial charge < -0.3 is 14.7 Å². The quantitative estimate of drug-likeness (QED) is 0.606. The molecule has 0 saturated heterocycles. The molecule has 0 aliphatic rings. The third-order valence-electron chi connectivity index (χ3n) is 1.67. The molecular formula is C9H17NO4. The van der Waals surface area contributed by atoms with Gasteiger partial charge in [0.1, 0.15) is 13.2 Å². The van der Waals surface area contributed by atoms with Crippen molar-refractivity contribution >= 4 is 11.9 Å². The van der Waals surface area contributed by atoms with Crippen LogP contribution in [0.25, 0.3) is 0 Å². The van der Waals surface area contributed by atoms with Gasteiger partial charge in [-0.3, -0.25) is 9.59 Å². The minimum Gasteiger partial charge on any atom is -0.480 e. The van der Waals surface area contributed by atoms with Gasteiger partial charge in [0.25, 0.3) is 0 Å². The monoisotopic (exact) mass is 203 g/mol. The Morgan fingerprint density at radius 2 is 2.07 bits per heavy atom.